The van der Waals surface area contributed by atoms with Gasteiger partial charge >= 0.3 is 0 Å². The van der Waals surface area contributed by atoms with E-state index >= 15 is 0 Å². The van der Waals surface area contributed by atoms with Gasteiger partial charge in [0.15, 0.2) is 0 Å². The number of ether oxygens (including phenoxy) is 1. The molecule has 4 rings (SSSR count). The predicted octanol–water partition coefficient (Wildman–Crippen LogP) is 4.11. The van der Waals surface area contributed by atoms with Crippen LogP contribution in [0.2, 0.25) is 0 Å². The molecule has 2 aliphatic heterocycles. The van der Waals surface area contributed by atoms with Crippen LogP contribution in [0.4, 0.5) is 5.69 Å². The lowest BCUT2D eigenvalue weighted by Crippen LogP contribution is -2.46. The van der Waals surface area contributed by atoms with Crippen molar-refractivity contribution in [3.05, 3.63) is 59.7 Å². The van der Waals surface area contributed by atoms with Gasteiger partial charge in [0.25, 0.3) is 0 Å². The van der Waals surface area contributed by atoms with E-state index in [2.05, 4.69) is 24.4 Å². The molecule has 2 aromatic carbocycles. The molecule has 31 heavy (non-hydrogen) atoms. The molecular formula is C25H30N2O3S. The fourth-order valence-corrected chi connectivity index (χ4v) is 5.52. The summed E-state index contributed by atoms with van der Waals surface area (Å²) in [7, 11) is 0. The molecule has 2 aromatic rings. The van der Waals surface area contributed by atoms with Gasteiger partial charge in [0, 0.05) is 48.1 Å². The summed E-state index contributed by atoms with van der Waals surface area (Å²) in [6.45, 7) is 6.54. The molecule has 2 fully saturated rings. The Morgan fingerprint density at radius 2 is 1.87 bits per heavy atom. The molecule has 2 heterocycles. The Bertz CT molecular complexity index is 941. The van der Waals surface area contributed by atoms with Gasteiger partial charge in [0.05, 0.1) is 5.92 Å². The van der Waals surface area contributed by atoms with Crippen molar-refractivity contribution < 1.29 is 14.3 Å². The highest BCUT2D eigenvalue weighted by Crippen LogP contribution is 2.40. The van der Waals surface area contributed by atoms with E-state index in [0.717, 1.165) is 24.1 Å². The standard InChI is InChI=1S/C25H30N2O3S/c1-18-8-9-21(14-19(18)2)27-16-20(15-23(27)28)24(29)26-17-25(10-12-30-13-11-25)31-22-6-4-3-5-7-22/h3-9,14,20H,10-13,15-17H2,1-2H3,(H,26,29). The zero-order chi connectivity index (χ0) is 21.8. The van der Waals surface area contributed by atoms with Crippen molar-refractivity contribution in [3.63, 3.8) is 0 Å². The van der Waals surface area contributed by atoms with Gasteiger partial charge in [-0.05, 0) is 62.1 Å². The molecule has 1 unspecified atom stereocenters. The number of rotatable bonds is 6. The first-order chi connectivity index (χ1) is 15.0. The molecule has 0 aromatic heterocycles. The van der Waals surface area contributed by atoms with Gasteiger partial charge in [-0.25, -0.2) is 0 Å². The molecule has 2 amide bonds. The summed E-state index contributed by atoms with van der Waals surface area (Å²) in [6.07, 6.45) is 2.05. The third-order valence-electron chi connectivity index (χ3n) is 6.36. The minimum atomic E-state index is -0.312. The predicted molar refractivity (Wildman–Crippen MR) is 124 cm³/mol. The number of nitrogens with one attached hydrogen (secondary N) is 1. The van der Waals surface area contributed by atoms with Crippen LogP contribution in [-0.4, -0.2) is 42.9 Å². The Hall–Kier alpha value is -2.31. The van der Waals surface area contributed by atoms with E-state index in [4.69, 9.17) is 4.74 Å². The van der Waals surface area contributed by atoms with Crippen LogP contribution in [0.25, 0.3) is 0 Å². The van der Waals surface area contributed by atoms with Gasteiger partial charge in [-0.3, -0.25) is 9.59 Å². The van der Waals surface area contributed by atoms with Gasteiger partial charge in [-0.2, -0.15) is 0 Å². The minimum Gasteiger partial charge on any atom is -0.381 e. The smallest absolute Gasteiger partial charge is 0.227 e. The second kappa shape index (κ2) is 9.45. The Balaban J connectivity index is 1.40. The van der Waals surface area contributed by atoms with E-state index < -0.39 is 0 Å². The molecule has 1 atom stereocenters. The Kier molecular flexibility index (Phi) is 6.68. The van der Waals surface area contributed by atoms with Gasteiger partial charge in [0.1, 0.15) is 0 Å². The van der Waals surface area contributed by atoms with E-state index in [9.17, 15) is 9.59 Å². The van der Waals surface area contributed by atoms with Crippen molar-refractivity contribution in [3.8, 4) is 0 Å². The molecule has 0 aliphatic carbocycles. The Morgan fingerprint density at radius 1 is 1.13 bits per heavy atom. The van der Waals surface area contributed by atoms with Crippen molar-refractivity contribution in [1.82, 2.24) is 5.32 Å². The van der Waals surface area contributed by atoms with Gasteiger partial charge in [-0.1, -0.05) is 24.3 Å². The number of benzene rings is 2. The Labute approximate surface area is 188 Å². The third-order valence-corrected chi connectivity index (χ3v) is 7.86. The fraction of sp³-hybridized carbons (Fsp3) is 0.440. The zero-order valence-electron chi connectivity index (χ0n) is 18.2. The largest absolute Gasteiger partial charge is 0.381 e. The van der Waals surface area contributed by atoms with Crippen LogP contribution in [0.15, 0.2) is 53.4 Å². The first-order valence-electron chi connectivity index (χ1n) is 10.9. The highest BCUT2D eigenvalue weighted by molar-refractivity contribution is 8.00. The van der Waals surface area contributed by atoms with Crippen molar-refractivity contribution in [2.45, 2.75) is 42.8 Å². The van der Waals surface area contributed by atoms with Crippen LogP contribution in [-0.2, 0) is 14.3 Å². The number of carbonyl (C=O) groups is 2. The number of hydrogen-bond acceptors (Lipinski definition) is 4. The zero-order valence-corrected chi connectivity index (χ0v) is 19.0. The summed E-state index contributed by atoms with van der Waals surface area (Å²) in [5.74, 6) is -0.324. The molecule has 1 N–H and O–H groups in total. The Morgan fingerprint density at radius 3 is 2.58 bits per heavy atom. The normalized spacial score (nSPS) is 20.6. The molecule has 2 saturated heterocycles. The average molecular weight is 439 g/mol. The maximum absolute atomic E-state index is 13.0. The van der Waals surface area contributed by atoms with Crippen molar-refractivity contribution in [1.29, 1.82) is 0 Å². The highest BCUT2D eigenvalue weighted by Gasteiger charge is 2.38. The average Bonchev–Trinajstić information content (AvgIpc) is 3.17. The number of thioether (sulfide) groups is 1. The van der Waals surface area contributed by atoms with Crippen molar-refractivity contribution in [2.75, 3.05) is 31.2 Å². The number of aryl methyl sites for hydroxylation is 2. The third kappa shape index (κ3) is 5.13. The summed E-state index contributed by atoms with van der Waals surface area (Å²) in [4.78, 5) is 28.6. The van der Waals surface area contributed by atoms with E-state index in [-0.39, 0.29) is 28.9 Å². The fourth-order valence-electron chi connectivity index (χ4n) is 4.22. The lowest BCUT2D eigenvalue weighted by molar-refractivity contribution is -0.126. The molecular weight excluding hydrogens is 408 g/mol. The first kappa shape index (κ1) is 21.9. The maximum atomic E-state index is 13.0. The molecule has 0 radical (unpaired) electrons. The summed E-state index contributed by atoms with van der Waals surface area (Å²) in [5.41, 5.74) is 3.23. The second-order valence-electron chi connectivity index (χ2n) is 8.60. The number of amides is 2. The molecule has 6 heteroatoms. The summed E-state index contributed by atoms with van der Waals surface area (Å²) >= 11 is 1.83. The quantitative estimate of drug-likeness (QED) is 0.737. The van der Waals surface area contributed by atoms with Crippen LogP contribution in [0, 0.1) is 19.8 Å². The van der Waals surface area contributed by atoms with Crippen LogP contribution < -0.4 is 10.2 Å². The summed E-state index contributed by atoms with van der Waals surface area (Å²) in [5, 5.41) is 3.17. The van der Waals surface area contributed by atoms with Crippen molar-refractivity contribution >= 4 is 29.3 Å². The van der Waals surface area contributed by atoms with Gasteiger partial charge in [0.2, 0.25) is 11.8 Å². The first-order valence-corrected chi connectivity index (χ1v) is 11.7. The molecule has 0 spiro atoms. The lowest BCUT2D eigenvalue weighted by atomic mass is 9.98. The van der Waals surface area contributed by atoms with Gasteiger partial charge in [-0.15, -0.1) is 11.8 Å². The molecule has 164 valence electrons. The lowest BCUT2D eigenvalue weighted by Gasteiger charge is -2.37. The van der Waals surface area contributed by atoms with Crippen LogP contribution in [0.3, 0.4) is 0 Å². The SMILES string of the molecule is Cc1ccc(N2CC(C(=O)NCC3(Sc4ccccc4)CCOCC3)CC2=O)cc1C. The summed E-state index contributed by atoms with van der Waals surface area (Å²) < 4.78 is 5.51. The van der Waals surface area contributed by atoms with E-state index in [1.807, 2.05) is 55.1 Å². The van der Waals surface area contributed by atoms with Crippen molar-refractivity contribution in [2.24, 2.45) is 5.92 Å². The second-order valence-corrected chi connectivity index (χ2v) is 10.1. The molecule has 0 bridgehead atoms. The highest BCUT2D eigenvalue weighted by atomic mass is 32.2. The van der Waals surface area contributed by atoms with E-state index in [0.29, 0.717) is 26.3 Å². The number of anilines is 1. The number of nitrogens with zero attached hydrogens (tertiary/aromatic N) is 1. The van der Waals surface area contributed by atoms with Crippen LogP contribution in [0.1, 0.15) is 30.4 Å². The van der Waals surface area contributed by atoms with Crippen LogP contribution in [0.5, 0.6) is 0 Å². The van der Waals surface area contributed by atoms with E-state index in [1.54, 1.807) is 4.90 Å². The number of carbonyl (C=O) groups excluding carboxylic acids is 2. The minimum absolute atomic E-state index is 0.0165. The topological polar surface area (TPSA) is 58.6 Å². The summed E-state index contributed by atoms with van der Waals surface area (Å²) in [6, 6.07) is 16.3. The van der Waals surface area contributed by atoms with E-state index in [1.165, 1.54) is 10.5 Å². The molecule has 2 aliphatic rings. The monoisotopic (exact) mass is 438 g/mol. The number of hydrogen-bond donors (Lipinski definition) is 1. The molecule has 0 saturated carbocycles. The maximum Gasteiger partial charge on any atom is 0.227 e. The molecule has 5 nitrogen and oxygen atoms in total. The van der Waals surface area contributed by atoms with Gasteiger partial charge < -0.3 is 15.0 Å². The van der Waals surface area contributed by atoms with Crippen LogP contribution >= 0.6 is 11.8 Å².